The fraction of sp³-hybridized carbons (Fsp3) is 0.423. The predicted octanol–water partition coefficient (Wildman–Crippen LogP) is 8.97. The van der Waals surface area contributed by atoms with E-state index in [1.807, 2.05) is 24.3 Å². The topological polar surface area (TPSA) is 66.3 Å². The number of rotatable bonds is 9. The highest BCUT2D eigenvalue weighted by Crippen LogP contribution is 2.51. The number of carbonyl (C=O) groups excluding carboxylic acids is 1. The van der Waals surface area contributed by atoms with Gasteiger partial charge in [0.05, 0.1) is 24.9 Å². The van der Waals surface area contributed by atoms with Crippen molar-refractivity contribution >= 4 is 83.2 Å². The normalized spacial score (nSPS) is 16.5. The second-order valence-electron chi connectivity index (χ2n) is 9.80. The monoisotopic (exact) mass is 667 g/mol. The Labute approximate surface area is 240 Å². The molecule has 2 atom stereocenters. The lowest BCUT2D eigenvalue weighted by Crippen LogP contribution is -2.30. The quantitative estimate of drug-likeness (QED) is 0.193. The van der Waals surface area contributed by atoms with Gasteiger partial charge in [0.1, 0.15) is 11.0 Å². The molecular weight excluding hydrogens is 642 g/mol. The summed E-state index contributed by atoms with van der Waals surface area (Å²) in [4.78, 5) is 17.5. The lowest BCUT2D eigenvalue weighted by atomic mass is 9.93. The van der Waals surface area contributed by atoms with E-state index in [0.29, 0.717) is 29.5 Å². The fourth-order valence-electron chi connectivity index (χ4n) is 4.90. The van der Waals surface area contributed by atoms with E-state index in [0.717, 1.165) is 64.1 Å². The predicted molar refractivity (Wildman–Crippen MR) is 158 cm³/mol. The van der Waals surface area contributed by atoms with Crippen LogP contribution in [0, 0.1) is 11.8 Å². The summed E-state index contributed by atoms with van der Waals surface area (Å²) in [5.41, 5.74) is 4.27. The lowest BCUT2D eigenvalue weighted by molar-refractivity contribution is 0.0157. The minimum absolute atomic E-state index is 0.127. The first-order valence-electron chi connectivity index (χ1n) is 12.1. The molecule has 1 aliphatic heterocycles. The van der Waals surface area contributed by atoms with E-state index in [-0.39, 0.29) is 5.91 Å². The third-order valence-electron chi connectivity index (χ3n) is 6.76. The minimum atomic E-state index is -1.01. The SMILES string of the molecule is CC(C)CCCC(C)CCN1C(=O)c2c(c(-c3ccc(Br)s3)c3nsnc3c2-c2ccc(Br)s2)C1O. The minimum Gasteiger partial charge on any atom is -0.369 e. The number of carbonyl (C=O) groups is 1. The first-order chi connectivity index (χ1) is 17.3. The highest BCUT2D eigenvalue weighted by Gasteiger charge is 2.42. The molecule has 0 bridgehead atoms. The molecule has 5 nitrogen and oxygen atoms in total. The van der Waals surface area contributed by atoms with Crippen LogP contribution in [0.25, 0.3) is 31.9 Å². The number of nitrogens with zero attached hydrogens (tertiary/aromatic N) is 3. The Balaban J connectivity index is 1.58. The first kappa shape index (κ1) is 26.4. The zero-order valence-corrected chi connectivity index (χ0v) is 25.9. The number of hydrogen-bond acceptors (Lipinski definition) is 7. The summed E-state index contributed by atoms with van der Waals surface area (Å²) >= 11 is 11.4. The number of fused-ring (bicyclic) bond motifs is 2. The Morgan fingerprint density at radius 3 is 2.11 bits per heavy atom. The summed E-state index contributed by atoms with van der Waals surface area (Å²) in [6, 6.07) is 7.99. The zero-order chi connectivity index (χ0) is 25.6. The van der Waals surface area contributed by atoms with Crippen LogP contribution < -0.4 is 0 Å². The van der Waals surface area contributed by atoms with Crippen LogP contribution in [0.1, 0.15) is 68.6 Å². The maximum absolute atomic E-state index is 14.0. The van der Waals surface area contributed by atoms with Gasteiger partial charge < -0.3 is 10.0 Å². The van der Waals surface area contributed by atoms with Crippen LogP contribution in [0.3, 0.4) is 0 Å². The number of aromatic nitrogens is 2. The second-order valence-corrected chi connectivity index (χ2v) is 15.3. The van der Waals surface area contributed by atoms with E-state index in [1.54, 1.807) is 27.6 Å². The third kappa shape index (κ3) is 4.97. The van der Waals surface area contributed by atoms with E-state index >= 15 is 0 Å². The number of hydrogen-bond donors (Lipinski definition) is 1. The average Bonchev–Trinajstić information content (AvgIpc) is 3.61. The Morgan fingerprint density at radius 2 is 1.53 bits per heavy atom. The summed E-state index contributed by atoms with van der Waals surface area (Å²) in [5, 5.41) is 11.6. The highest BCUT2D eigenvalue weighted by atomic mass is 79.9. The van der Waals surface area contributed by atoms with E-state index in [2.05, 4.69) is 61.4 Å². The van der Waals surface area contributed by atoms with Gasteiger partial charge in [0.25, 0.3) is 5.91 Å². The number of aliphatic hydroxyl groups excluding tert-OH is 1. The molecule has 0 aliphatic carbocycles. The maximum atomic E-state index is 14.0. The molecule has 0 fully saturated rings. The average molecular weight is 670 g/mol. The van der Waals surface area contributed by atoms with Gasteiger partial charge in [-0.05, 0) is 74.4 Å². The van der Waals surface area contributed by atoms with Gasteiger partial charge in [-0.2, -0.15) is 8.75 Å². The van der Waals surface area contributed by atoms with Crippen molar-refractivity contribution in [2.75, 3.05) is 6.54 Å². The number of thiophene rings is 2. The van der Waals surface area contributed by atoms with Gasteiger partial charge >= 0.3 is 0 Å². The smallest absolute Gasteiger partial charge is 0.257 e. The number of amides is 1. The molecule has 4 aromatic rings. The van der Waals surface area contributed by atoms with Crippen LogP contribution in [0.5, 0.6) is 0 Å². The highest BCUT2D eigenvalue weighted by molar-refractivity contribution is 9.11. The first-order valence-corrected chi connectivity index (χ1v) is 16.0. The van der Waals surface area contributed by atoms with Crippen LogP contribution in [0.2, 0.25) is 0 Å². The van der Waals surface area contributed by atoms with Crippen LogP contribution in [-0.2, 0) is 0 Å². The van der Waals surface area contributed by atoms with Crippen molar-refractivity contribution in [3.8, 4) is 20.9 Å². The van der Waals surface area contributed by atoms with Crippen LogP contribution in [-0.4, -0.2) is 31.2 Å². The molecule has 36 heavy (non-hydrogen) atoms. The molecule has 2 unspecified atom stereocenters. The molecular formula is C26H27Br2N3O2S3. The Morgan fingerprint density at radius 1 is 0.917 bits per heavy atom. The molecule has 1 aliphatic rings. The summed E-state index contributed by atoms with van der Waals surface area (Å²) in [6.45, 7) is 7.27. The maximum Gasteiger partial charge on any atom is 0.257 e. The van der Waals surface area contributed by atoms with Gasteiger partial charge in [0, 0.05) is 33.0 Å². The van der Waals surface area contributed by atoms with E-state index in [1.165, 1.54) is 12.8 Å². The largest absolute Gasteiger partial charge is 0.369 e. The van der Waals surface area contributed by atoms with Crippen molar-refractivity contribution < 1.29 is 9.90 Å². The number of halogens is 2. The summed E-state index contributed by atoms with van der Waals surface area (Å²) in [5.74, 6) is 1.06. The molecule has 0 saturated carbocycles. The van der Waals surface area contributed by atoms with Crippen molar-refractivity contribution in [1.82, 2.24) is 13.6 Å². The molecule has 1 amide bonds. The van der Waals surface area contributed by atoms with Crippen molar-refractivity contribution in [1.29, 1.82) is 0 Å². The van der Waals surface area contributed by atoms with Crippen molar-refractivity contribution in [2.45, 2.75) is 52.7 Å². The van der Waals surface area contributed by atoms with Crippen molar-refractivity contribution in [3.63, 3.8) is 0 Å². The molecule has 4 heterocycles. The molecule has 0 saturated heterocycles. The fourth-order valence-corrected chi connectivity index (χ4v) is 8.35. The summed E-state index contributed by atoms with van der Waals surface area (Å²) in [6.07, 6.45) is 3.39. The van der Waals surface area contributed by atoms with Crippen LogP contribution >= 0.6 is 66.3 Å². The van der Waals surface area contributed by atoms with Crippen molar-refractivity contribution in [3.05, 3.63) is 43.0 Å². The van der Waals surface area contributed by atoms with Gasteiger partial charge in [0.2, 0.25) is 0 Å². The van der Waals surface area contributed by atoms with Crippen LogP contribution in [0.15, 0.2) is 31.8 Å². The molecule has 0 spiro atoms. The summed E-state index contributed by atoms with van der Waals surface area (Å²) < 4.78 is 11.3. The Hall–Kier alpha value is -1.17. The molecule has 5 rings (SSSR count). The van der Waals surface area contributed by atoms with E-state index in [4.69, 9.17) is 0 Å². The number of benzene rings is 1. The third-order valence-corrected chi connectivity index (χ3v) is 10.6. The molecule has 3 aromatic heterocycles. The van der Waals surface area contributed by atoms with E-state index < -0.39 is 6.23 Å². The van der Waals surface area contributed by atoms with Crippen LogP contribution in [0.4, 0.5) is 0 Å². The Kier molecular flexibility index (Phi) is 8.01. The lowest BCUT2D eigenvalue weighted by Gasteiger charge is -2.23. The van der Waals surface area contributed by atoms with Gasteiger partial charge in [-0.1, -0.05) is 40.0 Å². The van der Waals surface area contributed by atoms with Crippen molar-refractivity contribution in [2.24, 2.45) is 11.8 Å². The number of aliphatic hydroxyl groups is 1. The second kappa shape index (κ2) is 10.9. The molecule has 10 heteroatoms. The molecule has 190 valence electrons. The Bertz CT molecular complexity index is 1410. The van der Waals surface area contributed by atoms with Gasteiger partial charge in [-0.25, -0.2) is 0 Å². The van der Waals surface area contributed by atoms with Gasteiger partial charge in [-0.3, -0.25) is 4.79 Å². The standard InChI is InChI=1S/C26H27Br2N3O2S3/c1-13(2)5-4-6-14(3)11-12-31-25(32)21-19(15-7-9-17(27)34-15)23-24(30-36-29-23)20(22(21)26(31)33)16-8-10-18(28)35-16/h7-10,13-14,25,32H,4-6,11-12H2,1-3H3. The molecule has 1 aromatic carbocycles. The van der Waals surface area contributed by atoms with Gasteiger partial charge in [-0.15, -0.1) is 22.7 Å². The molecule has 1 N–H and O–H groups in total. The summed E-state index contributed by atoms with van der Waals surface area (Å²) in [7, 11) is 0. The van der Waals surface area contributed by atoms with E-state index in [9.17, 15) is 9.90 Å². The van der Waals surface area contributed by atoms with Gasteiger partial charge in [0.15, 0.2) is 6.23 Å². The zero-order valence-electron chi connectivity index (χ0n) is 20.3. The molecule has 0 radical (unpaired) electrons.